The third-order valence-electron chi connectivity index (χ3n) is 6.10. The Kier molecular flexibility index (Phi) is 7.69. The van der Waals surface area contributed by atoms with Crippen molar-refractivity contribution in [2.75, 3.05) is 31.6 Å². The summed E-state index contributed by atoms with van der Waals surface area (Å²) < 4.78 is 4.94. The summed E-state index contributed by atoms with van der Waals surface area (Å²) in [5, 5.41) is 2.44. The SMILES string of the molecule is CNC(=O)COC(=O)CCCC1CCN(c2cccc(C3CCCC3)n2)CC1. The molecule has 0 atom stereocenters. The van der Waals surface area contributed by atoms with Gasteiger partial charge in [0.15, 0.2) is 6.61 Å². The highest BCUT2D eigenvalue weighted by molar-refractivity contribution is 5.80. The Balaban J connectivity index is 1.37. The zero-order chi connectivity index (χ0) is 19.8. The first-order chi connectivity index (χ1) is 13.7. The maximum atomic E-state index is 11.7. The van der Waals surface area contributed by atoms with Gasteiger partial charge in [0, 0.05) is 38.2 Å². The third-order valence-corrected chi connectivity index (χ3v) is 6.10. The van der Waals surface area contributed by atoms with E-state index in [9.17, 15) is 9.59 Å². The zero-order valence-electron chi connectivity index (χ0n) is 17.0. The van der Waals surface area contributed by atoms with E-state index in [1.807, 2.05) is 0 Å². The quantitative estimate of drug-likeness (QED) is 0.692. The van der Waals surface area contributed by atoms with Crippen LogP contribution >= 0.6 is 0 Å². The monoisotopic (exact) mass is 387 g/mol. The number of hydrogen-bond acceptors (Lipinski definition) is 5. The summed E-state index contributed by atoms with van der Waals surface area (Å²) in [7, 11) is 1.53. The molecular weight excluding hydrogens is 354 g/mol. The van der Waals surface area contributed by atoms with Gasteiger partial charge in [0.1, 0.15) is 5.82 Å². The van der Waals surface area contributed by atoms with Crippen LogP contribution in [0.1, 0.15) is 69.4 Å². The molecule has 6 heteroatoms. The van der Waals surface area contributed by atoms with Crippen molar-refractivity contribution in [2.45, 2.75) is 63.7 Å². The highest BCUT2D eigenvalue weighted by atomic mass is 16.5. The summed E-state index contributed by atoms with van der Waals surface area (Å²) in [4.78, 5) is 30.1. The molecule has 0 bridgehead atoms. The first-order valence-electron chi connectivity index (χ1n) is 10.7. The molecule has 1 saturated heterocycles. The van der Waals surface area contributed by atoms with E-state index in [0.717, 1.165) is 44.6 Å². The number of pyridine rings is 1. The van der Waals surface area contributed by atoms with E-state index in [0.29, 0.717) is 18.3 Å². The van der Waals surface area contributed by atoms with Crippen molar-refractivity contribution in [2.24, 2.45) is 5.92 Å². The number of carbonyl (C=O) groups is 2. The van der Waals surface area contributed by atoms with Gasteiger partial charge in [0.05, 0.1) is 0 Å². The van der Waals surface area contributed by atoms with Gasteiger partial charge in [-0.1, -0.05) is 18.9 Å². The molecule has 1 aromatic rings. The maximum Gasteiger partial charge on any atom is 0.306 e. The van der Waals surface area contributed by atoms with Gasteiger partial charge in [-0.2, -0.15) is 0 Å². The minimum Gasteiger partial charge on any atom is -0.456 e. The van der Waals surface area contributed by atoms with Gasteiger partial charge in [0.25, 0.3) is 5.91 Å². The second kappa shape index (κ2) is 10.4. The number of likely N-dealkylation sites (N-methyl/N-ethyl adjacent to an activating group) is 1. The topological polar surface area (TPSA) is 71.5 Å². The molecule has 0 spiro atoms. The lowest BCUT2D eigenvalue weighted by Crippen LogP contribution is -2.34. The van der Waals surface area contributed by atoms with E-state index in [1.54, 1.807) is 0 Å². The predicted octanol–water partition coefficient (Wildman–Crippen LogP) is 3.42. The molecule has 1 aliphatic heterocycles. The van der Waals surface area contributed by atoms with E-state index in [2.05, 4.69) is 28.4 Å². The van der Waals surface area contributed by atoms with Crippen LogP contribution in [-0.4, -0.2) is 43.6 Å². The summed E-state index contributed by atoms with van der Waals surface area (Å²) in [5.74, 6) is 1.88. The van der Waals surface area contributed by atoms with Gasteiger partial charge in [-0.3, -0.25) is 9.59 Å². The number of rotatable bonds is 8. The molecule has 1 aromatic heterocycles. The van der Waals surface area contributed by atoms with E-state index in [4.69, 9.17) is 9.72 Å². The number of amides is 1. The largest absolute Gasteiger partial charge is 0.456 e. The van der Waals surface area contributed by atoms with Crippen molar-refractivity contribution in [3.05, 3.63) is 23.9 Å². The lowest BCUT2D eigenvalue weighted by atomic mass is 9.91. The Hall–Kier alpha value is -2.11. The molecule has 1 saturated carbocycles. The van der Waals surface area contributed by atoms with Gasteiger partial charge in [-0.05, 0) is 56.6 Å². The molecule has 2 heterocycles. The normalized spacial score (nSPS) is 18.2. The number of nitrogens with one attached hydrogen (secondary N) is 1. The fourth-order valence-electron chi connectivity index (χ4n) is 4.34. The molecular formula is C22H33N3O3. The standard InChI is InChI=1S/C22H33N3O3/c1-23-21(26)16-28-22(27)11-4-6-17-12-14-25(15-13-17)20-10-5-9-19(24-20)18-7-2-3-8-18/h5,9-10,17-18H,2-4,6-8,11-16H2,1H3,(H,23,26). The average Bonchev–Trinajstić information content (AvgIpc) is 3.27. The fraction of sp³-hybridized carbons (Fsp3) is 0.682. The molecule has 6 nitrogen and oxygen atoms in total. The summed E-state index contributed by atoms with van der Waals surface area (Å²) in [6.45, 7) is 1.89. The molecule has 1 aliphatic carbocycles. The van der Waals surface area contributed by atoms with Crippen molar-refractivity contribution in [3.8, 4) is 0 Å². The minimum absolute atomic E-state index is 0.180. The van der Waals surface area contributed by atoms with Crippen LogP contribution in [0.2, 0.25) is 0 Å². The van der Waals surface area contributed by atoms with Crippen LogP contribution in [0.15, 0.2) is 18.2 Å². The molecule has 0 radical (unpaired) electrons. The smallest absolute Gasteiger partial charge is 0.306 e. The second-order valence-electron chi connectivity index (χ2n) is 8.06. The number of nitrogens with zero attached hydrogens (tertiary/aromatic N) is 2. The van der Waals surface area contributed by atoms with Gasteiger partial charge < -0.3 is 15.0 Å². The summed E-state index contributed by atoms with van der Waals surface area (Å²) in [6, 6.07) is 6.49. The van der Waals surface area contributed by atoms with Crippen molar-refractivity contribution in [3.63, 3.8) is 0 Å². The molecule has 3 rings (SSSR count). The van der Waals surface area contributed by atoms with Crippen molar-refractivity contribution < 1.29 is 14.3 Å². The van der Waals surface area contributed by atoms with Crippen LogP contribution in [0.25, 0.3) is 0 Å². The molecule has 1 N–H and O–H groups in total. The molecule has 1 amide bonds. The molecule has 0 unspecified atom stereocenters. The van der Waals surface area contributed by atoms with Crippen LogP contribution in [0.3, 0.4) is 0 Å². The summed E-state index contributed by atoms with van der Waals surface area (Å²) >= 11 is 0. The maximum absolute atomic E-state index is 11.7. The Morgan fingerprint density at radius 2 is 1.93 bits per heavy atom. The van der Waals surface area contributed by atoms with E-state index < -0.39 is 0 Å². The number of esters is 1. The predicted molar refractivity (Wildman–Crippen MR) is 109 cm³/mol. The molecule has 2 aliphatic rings. The second-order valence-corrected chi connectivity index (χ2v) is 8.06. The number of ether oxygens (including phenoxy) is 1. The van der Waals surface area contributed by atoms with Gasteiger partial charge >= 0.3 is 5.97 Å². The number of hydrogen-bond donors (Lipinski definition) is 1. The first kappa shape index (κ1) is 20.6. The summed E-state index contributed by atoms with van der Waals surface area (Å²) in [6.07, 6.45) is 9.77. The lowest BCUT2D eigenvalue weighted by Gasteiger charge is -2.33. The molecule has 2 fully saturated rings. The van der Waals surface area contributed by atoms with Crippen LogP contribution in [-0.2, 0) is 14.3 Å². The van der Waals surface area contributed by atoms with Crippen molar-refractivity contribution >= 4 is 17.7 Å². The van der Waals surface area contributed by atoms with Crippen LogP contribution < -0.4 is 10.2 Å². The van der Waals surface area contributed by atoms with E-state index >= 15 is 0 Å². The average molecular weight is 388 g/mol. The Bertz CT molecular complexity index is 650. The number of piperidine rings is 1. The third kappa shape index (κ3) is 5.94. The first-order valence-corrected chi connectivity index (χ1v) is 10.7. The Morgan fingerprint density at radius 1 is 1.18 bits per heavy atom. The fourth-order valence-corrected chi connectivity index (χ4v) is 4.34. The van der Waals surface area contributed by atoms with Crippen molar-refractivity contribution in [1.82, 2.24) is 10.3 Å². The van der Waals surface area contributed by atoms with Crippen LogP contribution in [0.5, 0.6) is 0 Å². The van der Waals surface area contributed by atoms with Crippen molar-refractivity contribution in [1.29, 1.82) is 0 Å². The Labute approximate surface area is 168 Å². The van der Waals surface area contributed by atoms with Crippen LogP contribution in [0.4, 0.5) is 5.82 Å². The number of carbonyl (C=O) groups excluding carboxylic acids is 2. The Morgan fingerprint density at radius 3 is 2.64 bits per heavy atom. The zero-order valence-corrected chi connectivity index (χ0v) is 17.0. The van der Waals surface area contributed by atoms with E-state index in [1.165, 1.54) is 38.4 Å². The van der Waals surface area contributed by atoms with Gasteiger partial charge in [-0.25, -0.2) is 4.98 Å². The van der Waals surface area contributed by atoms with E-state index in [-0.39, 0.29) is 18.5 Å². The molecule has 154 valence electrons. The molecule has 28 heavy (non-hydrogen) atoms. The number of anilines is 1. The number of aromatic nitrogens is 1. The summed E-state index contributed by atoms with van der Waals surface area (Å²) in [5.41, 5.74) is 1.27. The highest BCUT2D eigenvalue weighted by Gasteiger charge is 2.22. The van der Waals surface area contributed by atoms with Gasteiger partial charge in [-0.15, -0.1) is 0 Å². The lowest BCUT2D eigenvalue weighted by molar-refractivity contribution is -0.148. The minimum atomic E-state index is -0.283. The van der Waals surface area contributed by atoms with Crippen LogP contribution in [0, 0.1) is 5.92 Å². The molecule has 0 aromatic carbocycles. The van der Waals surface area contributed by atoms with Gasteiger partial charge in [0.2, 0.25) is 0 Å². The highest BCUT2D eigenvalue weighted by Crippen LogP contribution is 2.34.